The molecule has 0 atom stereocenters. The fourth-order valence-corrected chi connectivity index (χ4v) is 3.04. The Morgan fingerprint density at radius 3 is 2.48 bits per heavy atom. The topological polar surface area (TPSA) is 47.6 Å². The van der Waals surface area contributed by atoms with E-state index in [1.807, 2.05) is 66.7 Å². The molecule has 4 nitrogen and oxygen atoms in total. The molecule has 0 saturated carbocycles. The molecule has 5 heteroatoms. The van der Waals surface area contributed by atoms with Crippen molar-refractivity contribution in [2.45, 2.75) is 5.33 Å². The maximum absolute atomic E-state index is 12.9. The molecule has 0 unspecified atom stereocenters. The number of ether oxygens (including phenoxy) is 2. The van der Waals surface area contributed by atoms with Crippen molar-refractivity contribution >= 4 is 27.5 Å². The summed E-state index contributed by atoms with van der Waals surface area (Å²) >= 11 is 3.42. The van der Waals surface area contributed by atoms with Gasteiger partial charge in [0.1, 0.15) is 5.75 Å². The number of hydrogen-bond acceptors (Lipinski definition) is 3. The second kappa shape index (κ2) is 9.35. The smallest absolute Gasteiger partial charge is 0.259 e. The van der Waals surface area contributed by atoms with Crippen molar-refractivity contribution in [1.29, 1.82) is 0 Å². The highest BCUT2D eigenvalue weighted by Crippen LogP contribution is 2.25. The highest BCUT2D eigenvalue weighted by Gasteiger charge is 2.14. The van der Waals surface area contributed by atoms with Crippen LogP contribution in [0, 0.1) is 0 Å². The van der Waals surface area contributed by atoms with Crippen molar-refractivity contribution in [2.75, 3.05) is 19.2 Å². The third-order valence-corrected chi connectivity index (χ3v) is 4.65. The highest BCUT2D eigenvalue weighted by atomic mass is 79.9. The van der Waals surface area contributed by atoms with E-state index in [4.69, 9.17) is 9.47 Å². The summed E-state index contributed by atoms with van der Waals surface area (Å²) in [6.07, 6.45) is 0. The molecule has 0 aliphatic rings. The summed E-state index contributed by atoms with van der Waals surface area (Å²) in [6.45, 7) is 0.0808. The standard InChI is InChI=1S/C22H20BrNO3/c1-26-15-27-21-11-10-16(14-23)12-20(21)22(25)24-19-9-5-8-18(13-19)17-6-3-2-4-7-17/h2-13H,14-15H2,1H3,(H,24,25). The van der Waals surface area contributed by atoms with Gasteiger partial charge in [-0.15, -0.1) is 0 Å². The molecule has 0 spiro atoms. The predicted octanol–water partition coefficient (Wildman–Crippen LogP) is 5.48. The van der Waals surface area contributed by atoms with Gasteiger partial charge in [0.05, 0.1) is 5.56 Å². The highest BCUT2D eigenvalue weighted by molar-refractivity contribution is 9.08. The van der Waals surface area contributed by atoms with Gasteiger partial charge in [-0.3, -0.25) is 4.79 Å². The van der Waals surface area contributed by atoms with E-state index in [2.05, 4.69) is 21.2 Å². The van der Waals surface area contributed by atoms with Crippen LogP contribution in [0.4, 0.5) is 5.69 Å². The molecule has 0 saturated heterocycles. The zero-order chi connectivity index (χ0) is 19.1. The molecule has 3 aromatic carbocycles. The first-order valence-corrected chi connectivity index (χ1v) is 9.61. The summed E-state index contributed by atoms with van der Waals surface area (Å²) in [6, 6.07) is 23.3. The number of rotatable bonds is 7. The molecule has 0 fully saturated rings. The Morgan fingerprint density at radius 2 is 1.74 bits per heavy atom. The predicted molar refractivity (Wildman–Crippen MR) is 111 cm³/mol. The molecule has 3 aromatic rings. The molecule has 1 N–H and O–H groups in total. The summed E-state index contributed by atoms with van der Waals surface area (Å²) in [7, 11) is 1.54. The molecule has 0 aliphatic carbocycles. The number of halogens is 1. The van der Waals surface area contributed by atoms with Crippen LogP contribution >= 0.6 is 15.9 Å². The Morgan fingerprint density at radius 1 is 0.963 bits per heavy atom. The lowest BCUT2D eigenvalue weighted by Crippen LogP contribution is -2.14. The van der Waals surface area contributed by atoms with Gasteiger partial charge in [0.2, 0.25) is 0 Å². The van der Waals surface area contributed by atoms with Gasteiger partial charge in [-0.1, -0.05) is 64.5 Å². The first-order valence-electron chi connectivity index (χ1n) is 8.48. The minimum atomic E-state index is -0.228. The Labute approximate surface area is 167 Å². The largest absolute Gasteiger partial charge is 0.467 e. The van der Waals surface area contributed by atoms with Gasteiger partial charge in [0.25, 0.3) is 5.91 Å². The van der Waals surface area contributed by atoms with E-state index < -0.39 is 0 Å². The van der Waals surface area contributed by atoms with Crippen molar-refractivity contribution < 1.29 is 14.3 Å². The number of hydrogen-bond donors (Lipinski definition) is 1. The molecule has 0 aliphatic heterocycles. The normalized spacial score (nSPS) is 10.4. The van der Waals surface area contributed by atoms with E-state index in [1.54, 1.807) is 13.2 Å². The Kier molecular flexibility index (Phi) is 6.63. The van der Waals surface area contributed by atoms with Gasteiger partial charge in [0.15, 0.2) is 6.79 Å². The van der Waals surface area contributed by atoms with Crippen LogP contribution in [0.25, 0.3) is 11.1 Å². The number of benzene rings is 3. The quantitative estimate of drug-likeness (QED) is 0.402. The molecule has 27 heavy (non-hydrogen) atoms. The maximum Gasteiger partial charge on any atom is 0.259 e. The van der Waals surface area contributed by atoms with Crippen LogP contribution in [0.15, 0.2) is 72.8 Å². The Bertz CT molecular complexity index is 912. The molecule has 0 aromatic heterocycles. The van der Waals surface area contributed by atoms with Crippen molar-refractivity contribution in [3.63, 3.8) is 0 Å². The minimum Gasteiger partial charge on any atom is -0.467 e. The summed E-state index contributed by atoms with van der Waals surface area (Å²) in [5.41, 5.74) is 4.32. The SMILES string of the molecule is COCOc1ccc(CBr)cc1C(=O)Nc1cccc(-c2ccccc2)c1. The number of anilines is 1. The molecular weight excluding hydrogens is 406 g/mol. The maximum atomic E-state index is 12.9. The van der Waals surface area contributed by atoms with E-state index in [-0.39, 0.29) is 12.7 Å². The van der Waals surface area contributed by atoms with Crippen LogP contribution in [0.5, 0.6) is 5.75 Å². The zero-order valence-corrected chi connectivity index (χ0v) is 16.5. The molecule has 0 bridgehead atoms. The average Bonchev–Trinajstić information content (AvgIpc) is 2.73. The van der Waals surface area contributed by atoms with Gasteiger partial charge >= 0.3 is 0 Å². The third-order valence-electron chi connectivity index (χ3n) is 4.00. The van der Waals surface area contributed by atoms with Gasteiger partial charge in [-0.25, -0.2) is 0 Å². The first-order chi connectivity index (χ1) is 13.2. The van der Waals surface area contributed by atoms with Crippen LogP contribution in [-0.2, 0) is 10.1 Å². The number of methoxy groups -OCH3 is 1. The molecule has 138 valence electrons. The van der Waals surface area contributed by atoms with E-state index in [9.17, 15) is 4.79 Å². The molecule has 3 rings (SSSR count). The number of amides is 1. The number of carbonyl (C=O) groups excluding carboxylic acids is 1. The second-order valence-corrected chi connectivity index (χ2v) is 6.48. The summed E-state index contributed by atoms with van der Waals surface area (Å²) in [5, 5.41) is 3.62. The van der Waals surface area contributed by atoms with Crippen LogP contribution in [0.2, 0.25) is 0 Å². The van der Waals surface area contributed by atoms with Crippen molar-refractivity contribution in [3.8, 4) is 16.9 Å². The second-order valence-electron chi connectivity index (χ2n) is 5.92. The van der Waals surface area contributed by atoms with Crippen LogP contribution < -0.4 is 10.1 Å². The lowest BCUT2D eigenvalue weighted by molar-refractivity contribution is 0.0503. The fourth-order valence-electron chi connectivity index (χ4n) is 2.69. The van der Waals surface area contributed by atoms with Gasteiger partial charge in [-0.2, -0.15) is 0 Å². The molecule has 0 heterocycles. The monoisotopic (exact) mass is 425 g/mol. The fraction of sp³-hybridized carbons (Fsp3) is 0.136. The van der Waals surface area contributed by atoms with Crippen molar-refractivity contribution in [3.05, 3.63) is 83.9 Å². The minimum absolute atomic E-state index is 0.0808. The summed E-state index contributed by atoms with van der Waals surface area (Å²) in [5.74, 6) is 0.257. The van der Waals surface area contributed by atoms with E-state index >= 15 is 0 Å². The first kappa shape index (κ1) is 19.1. The van der Waals surface area contributed by atoms with Gasteiger partial charge in [0, 0.05) is 18.1 Å². The number of carbonyl (C=O) groups is 1. The lowest BCUT2D eigenvalue weighted by atomic mass is 10.0. The zero-order valence-electron chi connectivity index (χ0n) is 14.9. The van der Waals surface area contributed by atoms with Gasteiger partial charge < -0.3 is 14.8 Å². The van der Waals surface area contributed by atoms with Gasteiger partial charge in [-0.05, 0) is 41.0 Å². The molecule has 1 amide bonds. The number of nitrogens with one attached hydrogen (secondary N) is 1. The molecule has 0 radical (unpaired) electrons. The van der Waals surface area contributed by atoms with Crippen LogP contribution in [0.1, 0.15) is 15.9 Å². The van der Waals surface area contributed by atoms with E-state index in [1.165, 1.54) is 0 Å². The Hall–Kier alpha value is -2.63. The van der Waals surface area contributed by atoms with Crippen LogP contribution in [0.3, 0.4) is 0 Å². The van der Waals surface area contributed by atoms with Crippen LogP contribution in [-0.4, -0.2) is 19.8 Å². The number of alkyl halides is 1. The van der Waals surface area contributed by atoms with E-state index in [0.717, 1.165) is 22.4 Å². The lowest BCUT2D eigenvalue weighted by Gasteiger charge is -2.13. The molecular formula is C22H20BrNO3. The van der Waals surface area contributed by atoms with Crippen molar-refractivity contribution in [1.82, 2.24) is 0 Å². The summed E-state index contributed by atoms with van der Waals surface area (Å²) in [4.78, 5) is 12.9. The Balaban J connectivity index is 1.85. The third kappa shape index (κ3) is 4.96. The van der Waals surface area contributed by atoms with E-state index in [0.29, 0.717) is 16.6 Å². The summed E-state index contributed by atoms with van der Waals surface area (Å²) < 4.78 is 10.5. The average molecular weight is 426 g/mol. The van der Waals surface area contributed by atoms with Crippen molar-refractivity contribution in [2.24, 2.45) is 0 Å².